The highest BCUT2D eigenvalue weighted by Crippen LogP contribution is 2.27. The van der Waals surface area contributed by atoms with E-state index in [4.69, 9.17) is 9.47 Å². The normalized spacial score (nSPS) is 13.8. The van der Waals surface area contributed by atoms with Crippen LogP contribution in [0.1, 0.15) is 39.8 Å². The quantitative estimate of drug-likeness (QED) is 0.528. The third kappa shape index (κ3) is 5.26. The second kappa shape index (κ2) is 10.4. The van der Waals surface area contributed by atoms with Gasteiger partial charge in [0.25, 0.3) is 0 Å². The Kier molecular flexibility index (Phi) is 7.10. The molecule has 0 bridgehead atoms. The number of aromatic nitrogens is 2. The van der Waals surface area contributed by atoms with Gasteiger partial charge in [0, 0.05) is 37.3 Å². The molecule has 0 saturated heterocycles. The van der Waals surface area contributed by atoms with Crippen molar-refractivity contribution in [3.05, 3.63) is 82.7 Å². The molecule has 33 heavy (non-hydrogen) atoms. The van der Waals surface area contributed by atoms with E-state index in [2.05, 4.69) is 28.2 Å². The number of fused-ring (bicyclic) bond motifs is 1. The zero-order chi connectivity index (χ0) is 23.2. The van der Waals surface area contributed by atoms with Crippen molar-refractivity contribution >= 4 is 12.0 Å². The summed E-state index contributed by atoms with van der Waals surface area (Å²) in [6.07, 6.45) is 4.90. The van der Waals surface area contributed by atoms with E-state index in [1.807, 2.05) is 35.0 Å². The summed E-state index contributed by atoms with van der Waals surface area (Å²) in [5.41, 5.74) is 4.57. The molecule has 7 nitrogen and oxygen atoms in total. The molecule has 0 radical (unpaired) electrons. The highest BCUT2D eigenvalue weighted by molar-refractivity contribution is 5.89. The van der Waals surface area contributed by atoms with Crippen LogP contribution < -0.4 is 4.74 Å². The van der Waals surface area contributed by atoms with Crippen LogP contribution in [0.5, 0.6) is 11.5 Å². The van der Waals surface area contributed by atoms with Gasteiger partial charge in [0.05, 0.1) is 20.3 Å². The third-order valence-electron chi connectivity index (χ3n) is 5.73. The maximum Gasteiger partial charge on any atom is 0.359 e. The van der Waals surface area contributed by atoms with Gasteiger partial charge in [0.2, 0.25) is 0 Å². The van der Waals surface area contributed by atoms with Crippen molar-refractivity contribution in [3.8, 4) is 11.5 Å². The van der Waals surface area contributed by atoms with E-state index in [0.29, 0.717) is 31.1 Å². The summed E-state index contributed by atoms with van der Waals surface area (Å²) in [5, 5.41) is 14.4. The first-order valence-corrected chi connectivity index (χ1v) is 11.1. The lowest BCUT2D eigenvalue weighted by molar-refractivity contribution is 0.0516. The lowest BCUT2D eigenvalue weighted by atomic mass is 10.0. The van der Waals surface area contributed by atoms with Crippen LogP contribution in [0.3, 0.4) is 0 Å². The maximum absolute atomic E-state index is 12.6. The molecule has 3 aromatic rings. The molecule has 4 rings (SSSR count). The van der Waals surface area contributed by atoms with Gasteiger partial charge < -0.3 is 14.6 Å². The summed E-state index contributed by atoms with van der Waals surface area (Å²) in [6, 6.07) is 15.4. The molecular weight excluding hydrogens is 418 g/mol. The van der Waals surface area contributed by atoms with E-state index >= 15 is 0 Å². The van der Waals surface area contributed by atoms with Gasteiger partial charge in [-0.1, -0.05) is 48.6 Å². The van der Waals surface area contributed by atoms with Crippen LogP contribution >= 0.6 is 0 Å². The Morgan fingerprint density at radius 3 is 2.79 bits per heavy atom. The zero-order valence-corrected chi connectivity index (χ0v) is 19.0. The average Bonchev–Trinajstić information content (AvgIpc) is 3.18. The lowest BCUT2D eigenvalue weighted by Crippen LogP contribution is -2.32. The van der Waals surface area contributed by atoms with E-state index in [1.54, 1.807) is 19.1 Å². The van der Waals surface area contributed by atoms with Crippen molar-refractivity contribution in [1.82, 2.24) is 14.7 Å². The number of aromatic hydroxyl groups is 1. The van der Waals surface area contributed by atoms with Gasteiger partial charge >= 0.3 is 5.97 Å². The maximum atomic E-state index is 12.6. The number of nitrogens with zero attached hydrogens (tertiary/aromatic N) is 3. The number of phenols is 1. The molecular formula is C26H29N3O4. The predicted molar refractivity (Wildman–Crippen MR) is 126 cm³/mol. The molecule has 0 spiro atoms. The Morgan fingerprint density at radius 1 is 1.21 bits per heavy atom. The molecule has 0 fully saturated rings. The number of carbonyl (C=O) groups is 1. The number of phenolic OH excluding ortho intramolecular Hbond substituents is 1. The van der Waals surface area contributed by atoms with Gasteiger partial charge in [-0.2, -0.15) is 5.10 Å². The van der Waals surface area contributed by atoms with Crippen LogP contribution in [0.2, 0.25) is 0 Å². The first-order valence-electron chi connectivity index (χ1n) is 11.1. The highest BCUT2D eigenvalue weighted by atomic mass is 16.5. The minimum Gasteiger partial charge on any atom is -0.504 e. The SMILES string of the molecule is CCOC(=O)c1nn(Cc2ccccc2)c2c1CN(C/C=C/c1ccc(O)c(OC)c1)CC2. The fourth-order valence-corrected chi connectivity index (χ4v) is 4.09. The minimum absolute atomic E-state index is 0.122. The van der Waals surface area contributed by atoms with E-state index in [0.717, 1.165) is 41.9 Å². The average molecular weight is 448 g/mol. The van der Waals surface area contributed by atoms with Crippen molar-refractivity contribution in [2.45, 2.75) is 26.4 Å². The summed E-state index contributed by atoms with van der Waals surface area (Å²) >= 11 is 0. The molecule has 0 amide bonds. The molecule has 2 aromatic carbocycles. The molecule has 172 valence electrons. The van der Waals surface area contributed by atoms with Crippen LogP contribution in [-0.2, 0) is 24.2 Å². The molecule has 2 heterocycles. The van der Waals surface area contributed by atoms with Crippen molar-refractivity contribution in [2.75, 3.05) is 26.8 Å². The Balaban J connectivity index is 1.51. The van der Waals surface area contributed by atoms with Gasteiger partial charge in [0.1, 0.15) is 0 Å². The number of benzene rings is 2. The number of hydrogen-bond acceptors (Lipinski definition) is 6. The van der Waals surface area contributed by atoms with Crippen molar-refractivity contribution in [1.29, 1.82) is 0 Å². The Hall–Kier alpha value is -3.58. The second-order valence-electron chi connectivity index (χ2n) is 7.96. The molecule has 0 aliphatic carbocycles. The topological polar surface area (TPSA) is 76.8 Å². The fourth-order valence-electron chi connectivity index (χ4n) is 4.09. The molecule has 0 atom stereocenters. The molecule has 0 saturated carbocycles. The number of hydrogen-bond donors (Lipinski definition) is 1. The van der Waals surface area contributed by atoms with Crippen LogP contribution in [0.15, 0.2) is 54.6 Å². The van der Waals surface area contributed by atoms with Crippen molar-refractivity contribution < 1.29 is 19.4 Å². The van der Waals surface area contributed by atoms with Gasteiger partial charge in [-0.15, -0.1) is 0 Å². The zero-order valence-electron chi connectivity index (χ0n) is 19.0. The smallest absolute Gasteiger partial charge is 0.359 e. The molecule has 0 unspecified atom stereocenters. The number of rotatable bonds is 8. The molecule has 1 aliphatic heterocycles. The van der Waals surface area contributed by atoms with Crippen LogP contribution in [0, 0.1) is 0 Å². The summed E-state index contributed by atoms with van der Waals surface area (Å²) in [7, 11) is 1.53. The summed E-state index contributed by atoms with van der Waals surface area (Å²) < 4.78 is 12.4. The highest BCUT2D eigenvalue weighted by Gasteiger charge is 2.28. The largest absolute Gasteiger partial charge is 0.504 e. The first kappa shape index (κ1) is 22.6. The van der Waals surface area contributed by atoms with Gasteiger partial charge in [-0.05, 0) is 30.2 Å². The second-order valence-corrected chi connectivity index (χ2v) is 7.96. The van der Waals surface area contributed by atoms with Gasteiger partial charge in [0.15, 0.2) is 17.2 Å². The molecule has 1 N–H and O–H groups in total. The number of carbonyl (C=O) groups excluding carboxylic acids is 1. The Labute approximate surface area is 193 Å². The van der Waals surface area contributed by atoms with Gasteiger partial charge in [-0.25, -0.2) is 4.79 Å². The van der Waals surface area contributed by atoms with E-state index in [-0.39, 0.29) is 11.7 Å². The fraction of sp³-hybridized carbons (Fsp3) is 0.308. The summed E-state index contributed by atoms with van der Waals surface area (Å²) in [5.74, 6) is 0.205. The number of esters is 1. The van der Waals surface area contributed by atoms with Crippen LogP contribution in [0.4, 0.5) is 0 Å². The summed E-state index contributed by atoms with van der Waals surface area (Å²) in [6.45, 7) is 5.00. The molecule has 1 aliphatic rings. The lowest BCUT2D eigenvalue weighted by Gasteiger charge is -2.26. The summed E-state index contributed by atoms with van der Waals surface area (Å²) in [4.78, 5) is 14.9. The monoisotopic (exact) mass is 447 g/mol. The third-order valence-corrected chi connectivity index (χ3v) is 5.73. The van der Waals surface area contributed by atoms with Crippen molar-refractivity contribution in [3.63, 3.8) is 0 Å². The van der Waals surface area contributed by atoms with Crippen LogP contribution in [-0.4, -0.2) is 52.6 Å². The predicted octanol–water partition coefficient (Wildman–Crippen LogP) is 3.89. The number of methoxy groups -OCH3 is 1. The van der Waals surface area contributed by atoms with E-state index in [1.165, 1.54) is 7.11 Å². The first-order chi connectivity index (χ1) is 16.1. The van der Waals surface area contributed by atoms with E-state index in [9.17, 15) is 9.90 Å². The molecule has 7 heteroatoms. The Bertz CT molecular complexity index is 1140. The standard InChI is InChI=1S/C26H29N3O4/c1-3-33-26(31)25-21-18-28(14-7-10-19-11-12-23(30)24(16-19)32-2)15-13-22(21)29(27-25)17-20-8-5-4-6-9-20/h4-12,16,30H,3,13-15,17-18H2,1-2H3/b10-7+. The molecule has 1 aromatic heterocycles. The minimum atomic E-state index is -0.367. The number of ether oxygens (including phenoxy) is 2. The van der Waals surface area contributed by atoms with Gasteiger partial charge in [-0.3, -0.25) is 9.58 Å². The van der Waals surface area contributed by atoms with Crippen LogP contribution in [0.25, 0.3) is 6.08 Å². The Morgan fingerprint density at radius 2 is 2.03 bits per heavy atom. The van der Waals surface area contributed by atoms with Crippen molar-refractivity contribution in [2.24, 2.45) is 0 Å². The van der Waals surface area contributed by atoms with E-state index < -0.39 is 0 Å².